The van der Waals surface area contributed by atoms with Gasteiger partial charge in [0.2, 0.25) is 5.91 Å². The lowest BCUT2D eigenvalue weighted by Gasteiger charge is -2.34. The summed E-state index contributed by atoms with van der Waals surface area (Å²) in [6.45, 7) is 4.67. The highest BCUT2D eigenvalue weighted by atomic mass is 16.2. The van der Waals surface area contributed by atoms with Crippen molar-refractivity contribution >= 4 is 17.5 Å². The minimum absolute atomic E-state index is 0.0127. The van der Waals surface area contributed by atoms with Gasteiger partial charge in [0, 0.05) is 40.3 Å². The Morgan fingerprint density at radius 3 is 2.38 bits per heavy atom. The third-order valence-electron chi connectivity index (χ3n) is 3.78. The van der Waals surface area contributed by atoms with E-state index in [-0.39, 0.29) is 11.8 Å². The number of nitrogen functional groups attached to an aromatic ring is 1. The third kappa shape index (κ3) is 3.15. The van der Waals surface area contributed by atoms with Gasteiger partial charge in [-0.15, -0.1) is 0 Å². The van der Waals surface area contributed by atoms with E-state index in [1.807, 2.05) is 4.90 Å². The van der Waals surface area contributed by atoms with Gasteiger partial charge in [-0.3, -0.25) is 19.2 Å². The molecule has 1 saturated heterocycles. The highest BCUT2D eigenvalue weighted by Crippen LogP contribution is 2.18. The Labute approximate surface area is 123 Å². The van der Waals surface area contributed by atoms with E-state index in [1.54, 1.807) is 25.9 Å². The first-order chi connectivity index (χ1) is 9.93. The second-order valence-corrected chi connectivity index (χ2v) is 5.21. The molecule has 1 aliphatic heterocycles. The standard InChI is InChI=1S/C13H22N6O2/c1-9-11(14)12(17(3)16-9)13(21)19-6-4-18(5-7-19)8-10(20)15-2/h4-8,14H2,1-3H3,(H,15,20). The number of nitrogens with two attached hydrogens (primary N) is 1. The first kappa shape index (κ1) is 15.3. The predicted molar refractivity (Wildman–Crippen MR) is 78.8 cm³/mol. The van der Waals surface area contributed by atoms with Gasteiger partial charge in [-0.2, -0.15) is 5.10 Å². The summed E-state index contributed by atoms with van der Waals surface area (Å²) in [5.41, 5.74) is 7.47. The van der Waals surface area contributed by atoms with E-state index < -0.39 is 0 Å². The van der Waals surface area contributed by atoms with Crippen molar-refractivity contribution in [2.75, 3.05) is 45.5 Å². The van der Waals surface area contributed by atoms with Gasteiger partial charge in [0.15, 0.2) is 0 Å². The molecule has 1 aromatic heterocycles. The second kappa shape index (κ2) is 6.13. The van der Waals surface area contributed by atoms with Gasteiger partial charge in [-0.25, -0.2) is 0 Å². The van der Waals surface area contributed by atoms with Crippen LogP contribution in [-0.4, -0.2) is 71.2 Å². The number of anilines is 1. The summed E-state index contributed by atoms with van der Waals surface area (Å²) in [5.74, 6) is -0.114. The molecular weight excluding hydrogens is 272 g/mol. The number of amides is 2. The molecule has 0 atom stereocenters. The Morgan fingerprint density at radius 1 is 1.29 bits per heavy atom. The molecule has 1 aromatic rings. The number of nitrogens with one attached hydrogen (secondary N) is 1. The number of aryl methyl sites for hydroxylation is 2. The van der Waals surface area contributed by atoms with Gasteiger partial charge in [-0.1, -0.05) is 0 Å². The molecule has 0 spiro atoms. The lowest BCUT2D eigenvalue weighted by Crippen LogP contribution is -2.51. The Hall–Kier alpha value is -2.09. The molecule has 2 heterocycles. The molecule has 2 amide bonds. The second-order valence-electron chi connectivity index (χ2n) is 5.21. The lowest BCUT2D eigenvalue weighted by atomic mass is 10.2. The largest absolute Gasteiger partial charge is 0.395 e. The van der Waals surface area contributed by atoms with Crippen LogP contribution in [-0.2, 0) is 11.8 Å². The molecule has 1 aliphatic rings. The maximum absolute atomic E-state index is 12.5. The summed E-state index contributed by atoms with van der Waals surface area (Å²) in [5, 5.41) is 6.77. The van der Waals surface area contributed by atoms with E-state index in [9.17, 15) is 9.59 Å². The molecule has 21 heavy (non-hydrogen) atoms. The molecule has 8 heteroatoms. The average Bonchev–Trinajstić information content (AvgIpc) is 2.72. The van der Waals surface area contributed by atoms with E-state index in [0.29, 0.717) is 49.8 Å². The van der Waals surface area contributed by atoms with Crippen LogP contribution in [0.4, 0.5) is 5.69 Å². The van der Waals surface area contributed by atoms with Crippen molar-refractivity contribution in [1.29, 1.82) is 0 Å². The summed E-state index contributed by atoms with van der Waals surface area (Å²) in [7, 11) is 3.34. The van der Waals surface area contributed by atoms with Crippen LogP contribution in [0.2, 0.25) is 0 Å². The zero-order chi connectivity index (χ0) is 15.6. The van der Waals surface area contributed by atoms with Crippen LogP contribution in [0.5, 0.6) is 0 Å². The summed E-state index contributed by atoms with van der Waals surface area (Å²) in [6.07, 6.45) is 0. The maximum Gasteiger partial charge on any atom is 0.274 e. The zero-order valence-corrected chi connectivity index (χ0v) is 12.7. The van der Waals surface area contributed by atoms with Crippen LogP contribution in [0.15, 0.2) is 0 Å². The van der Waals surface area contributed by atoms with Crippen molar-refractivity contribution in [3.8, 4) is 0 Å². The molecule has 0 aromatic carbocycles. The van der Waals surface area contributed by atoms with E-state index in [1.165, 1.54) is 4.68 Å². The molecular formula is C13H22N6O2. The van der Waals surface area contributed by atoms with Crippen LogP contribution in [0.3, 0.4) is 0 Å². The Balaban J connectivity index is 1.99. The van der Waals surface area contributed by atoms with Crippen LogP contribution in [0.25, 0.3) is 0 Å². The monoisotopic (exact) mass is 294 g/mol. The Morgan fingerprint density at radius 2 is 1.90 bits per heavy atom. The van der Waals surface area contributed by atoms with Crippen molar-refractivity contribution in [3.05, 3.63) is 11.4 Å². The summed E-state index contributed by atoms with van der Waals surface area (Å²) >= 11 is 0. The minimum atomic E-state index is -0.102. The lowest BCUT2D eigenvalue weighted by molar-refractivity contribution is -0.122. The molecule has 0 bridgehead atoms. The fourth-order valence-electron chi connectivity index (χ4n) is 2.47. The van der Waals surface area contributed by atoms with E-state index >= 15 is 0 Å². The number of aromatic nitrogens is 2. The minimum Gasteiger partial charge on any atom is -0.395 e. The van der Waals surface area contributed by atoms with Gasteiger partial charge < -0.3 is 16.0 Å². The highest BCUT2D eigenvalue weighted by Gasteiger charge is 2.27. The van der Waals surface area contributed by atoms with Crippen molar-refractivity contribution < 1.29 is 9.59 Å². The summed E-state index contributed by atoms with van der Waals surface area (Å²) < 4.78 is 1.53. The van der Waals surface area contributed by atoms with Gasteiger partial charge in [0.05, 0.1) is 17.9 Å². The Bertz CT molecular complexity index is 545. The van der Waals surface area contributed by atoms with Gasteiger partial charge >= 0.3 is 0 Å². The van der Waals surface area contributed by atoms with Crippen LogP contribution in [0, 0.1) is 6.92 Å². The number of carbonyl (C=O) groups is 2. The van der Waals surface area contributed by atoms with Gasteiger partial charge in [0.25, 0.3) is 5.91 Å². The molecule has 0 unspecified atom stereocenters. The molecule has 0 radical (unpaired) electrons. The molecule has 3 N–H and O–H groups in total. The topological polar surface area (TPSA) is 96.5 Å². The molecule has 8 nitrogen and oxygen atoms in total. The Kier molecular flexibility index (Phi) is 4.46. The molecule has 0 saturated carbocycles. The van der Waals surface area contributed by atoms with Gasteiger partial charge in [-0.05, 0) is 6.92 Å². The van der Waals surface area contributed by atoms with Gasteiger partial charge in [0.1, 0.15) is 5.69 Å². The molecule has 116 valence electrons. The quantitative estimate of drug-likeness (QED) is 0.731. The molecule has 0 aliphatic carbocycles. The van der Waals surface area contributed by atoms with Crippen molar-refractivity contribution in [2.45, 2.75) is 6.92 Å². The zero-order valence-electron chi connectivity index (χ0n) is 12.7. The van der Waals surface area contributed by atoms with Crippen molar-refractivity contribution in [3.63, 3.8) is 0 Å². The number of piperazine rings is 1. The average molecular weight is 294 g/mol. The van der Waals surface area contributed by atoms with Crippen molar-refractivity contribution in [2.24, 2.45) is 7.05 Å². The number of hydrogen-bond acceptors (Lipinski definition) is 5. The predicted octanol–water partition coefficient (Wildman–Crippen LogP) is -1.19. The van der Waals surface area contributed by atoms with E-state index in [4.69, 9.17) is 5.73 Å². The van der Waals surface area contributed by atoms with Crippen LogP contribution in [0.1, 0.15) is 16.2 Å². The number of carbonyl (C=O) groups excluding carboxylic acids is 2. The number of nitrogens with zero attached hydrogens (tertiary/aromatic N) is 4. The van der Waals surface area contributed by atoms with Crippen molar-refractivity contribution in [1.82, 2.24) is 24.9 Å². The number of likely N-dealkylation sites (N-methyl/N-ethyl adjacent to an activating group) is 1. The molecule has 1 fully saturated rings. The fourth-order valence-corrected chi connectivity index (χ4v) is 2.47. The third-order valence-corrected chi connectivity index (χ3v) is 3.78. The fraction of sp³-hybridized carbons (Fsp3) is 0.615. The summed E-state index contributed by atoms with van der Waals surface area (Å²) in [6, 6.07) is 0. The molecule has 2 rings (SSSR count). The SMILES string of the molecule is CNC(=O)CN1CCN(C(=O)c2c(N)c(C)nn2C)CC1. The first-order valence-electron chi connectivity index (χ1n) is 6.95. The van der Waals surface area contributed by atoms with Crippen LogP contribution >= 0.6 is 0 Å². The van der Waals surface area contributed by atoms with Crippen LogP contribution < -0.4 is 11.1 Å². The van der Waals surface area contributed by atoms with E-state index in [2.05, 4.69) is 10.4 Å². The smallest absolute Gasteiger partial charge is 0.274 e. The highest BCUT2D eigenvalue weighted by molar-refractivity contribution is 5.98. The normalized spacial score (nSPS) is 16.0. The number of rotatable bonds is 3. The number of hydrogen-bond donors (Lipinski definition) is 2. The summed E-state index contributed by atoms with van der Waals surface area (Å²) in [4.78, 5) is 27.7. The van der Waals surface area contributed by atoms with E-state index in [0.717, 1.165) is 0 Å². The maximum atomic E-state index is 12.5. The first-order valence-corrected chi connectivity index (χ1v) is 6.95.